The molecule has 0 radical (unpaired) electrons. The summed E-state index contributed by atoms with van der Waals surface area (Å²) in [6.07, 6.45) is 0.872. The second-order valence-corrected chi connectivity index (χ2v) is 6.47. The molecule has 0 saturated heterocycles. The quantitative estimate of drug-likeness (QED) is 0.686. The Kier molecular flexibility index (Phi) is 8.14. The van der Waals surface area contributed by atoms with E-state index in [0.717, 1.165) is 29.0 Å². The van der Waals surface area contributed by atoms with Gasteiger partial charge in [-0.05, 0) is 63.1 Å². The highest BCUT2D eigenvalue weighted by molar-refractivity contribution is 5.94. The van der Waals surface area contributed by atoms with Crippen molar-refractivity contribution in [1.82, 2.24) is 5.32 Å². The first-order valence-corrected chi connectivity index (χ1v) is 9.32. The molecule has 0 heterocycles. The predicted molar refractivity (Wildman–Crippen MR) is 107 cm³/mol. The van der Waals surface area contributed by atoms with Crippen LogP contribution in [0.1, 0.15) is 42.3 Å². The Balaban J connectivity index is 1.96. The zero-order chi connectivity index (χ0) is 19.6. The van der Waals surface area contributed by atoms with Crippen molar-refractivity contribution in [2.24, 2.45) is 0 Å². The van der Waals surface area contributed by atoms with Gasteiger partial charge in [0.05, 0.1) is 26.4 Å². The van der Waals surface area contributed by atoms with Gasteiger partial charge in [-0.2, -0.15) is 0 Å². The van der Waals surface area contributed by atoms with Crippen LogP contribution in [0.25, 0.3) is 0 Å². The maximum atomic E-state index is 12.5. The lowest BCUT2D eigenvalue weighted by Crippen LogP contribution is -2.25. The minimum absolute atomic E-state index is 0.0997. The van der Waals surface area contributed by atoms with Crippen LogP contribution in [0.4, 0.5) is 0 Å². The molecule has 2 aromatic carbocycles. The summed E-state index contributed by atoms with van der Waals surface area (Å²) in [5.41, 5.74) is 2.64. The number of methoxy groups -OCH3 is 1. The third-order valence-electron chi connectivity index (χ3n) is 4.05. The normalized spacial score (nSPS) is 10.7. The zero-order valence-corrected chi connectivity index (χ0v) is 16.6. The zero-order valence-electron chi connectivity index (χ0n) is 16.6. The van der Waals surface area contributed by atoms with Gasteiger partial charge in [0.2, 0.25) is 0 Å². The average Bonchev–Trinajstić information content (AvgIpc) is 2.67. The lowest BCUT2D eigenvalue weighted by Gasteiger charge is -2.14. The Morgan fingerprint density at radius 2 is 1.85 bits per heavy atom. The van der Waals surface area contributed by atoms with Crippen LogP contribution in [-0.2, 0) is 17.8 Å². The molecule has 0 aliphatic rings. The highest BCUT2D eigenvalue weighted by atomic mass is 16.5. The smallest absolute Gasteiger partial charge is 0.251 e. The molecule has 27 heavy (non-hydrogen) atoms. The van der Waals surface area contributed by atoms with Crippen molar-refractivity contribution < 1.29 is 19.0 Å². The van der Waals surface area contributed by atoms with Gasteiger partial charge in [-0.3, -0.25) is 4.79 Å². The molecule has 1 amide bonds. The molecule has 0 bridgehead atoms. The molecule has 2 aromatic rings. The largest absolute Gasteiger partial charge is 0.497 e. The van der Waals surface area contributed by atoms with Crippen LogP contribution in [-0.4, -0.2) is 32.3 Å². The molecule has 2 rings (SSSR count). The van der Waals surface area contributed by atoms with Crippen LogP contribution in [0, 0.1) is 0 Å². The van der Waals surface area contributed by atoms with Crippen molar-refractivity contribution in [1.29, 1.82) is 0 Å². The Morgan fingerprint density at radius 3 is 2.48 bits per heavy atom. The minimum atomic E-state index is -0.0997. The van der Waals surface area contributed by atoms with Crippen LogP contribution in [0.15, 0.2) is 42.5 Å². The Morgan fingerprint density at radius 1 is 1.11 bits per heavy atom. The standard InChI is InChI=1S/C22H29NO4/c1-5-26-21-11-8-18(14-19(21)15-27-16(2)3)22(24)23-13-12-17-6-9-20(25-4)10-7-17/h6-11,14,16H,5,12-13,15H2,1-4H3,(H,23,24). The summed E-state index contributed by atoms with van der Waals surface area (Å²) in [6.45, 7) is 7.46. The van der Waals surface area contributed by atoms with Crippen molar-refractivity contribution in [3.8, 4) is 11.5 Å². The number of rotatable bonds is 10. The second kappa shape index (κ2) is 10.6. The van der Waals surface area contributed by atoms with Crippen molar-refractivity contribution in [3.63, 3.8) is 0 Å². The summed E-state index contributed by atoms with van der Waals surface area (Å²) < 4.78 is 16.5. The second-order valence-electron chi connectivity index (χ2n) is 6.47. The van der Waals surface area contributed by atoms with Crippen LogP contribution in [0.2, 0.25) is 0 Å². The van der Waals surface area contributed by atoms with E-state index in [1.54, 1.807) is 13.2 Å². The van der Waals surface area contributed by atoms with Gasteiger partial charge in [-0.1, -0.05) is 12.1 Å². The number of amides is 1. The fourth-order valence-electron chi connectivity index (χ4n) is 2.60. The first-order valence-electron chi connectivity index (χ1n) is 9.32. The minimum Gasteiger partial charge on any atom is -0.497 e. The number of carbonyl (C=O) groups excluding carboxylic acids is 1. The van der Waals surface area contributed by atoms with Gasteiger partial charge in [-0.25, -0.2) is 0 Å². The fraction of sp³-hybridized carbons (Fsp3) is 0.409. The molecule has 0 unspecified atom stereocenters. The van der Waals surface area contributed by atoms with Gasteiger partial charge in [0.25, 0.3) is 5.91 Å². The number of hydrogen-bond donors (Lipinski definition) is 1. The van der Waals surface area contributed by atoms with Crippen molar-refractivity contribution in [2.45, 2.75) is 39.9 Å². The van der Waals surface area contributed by atoms with Crippen molar-refractivity contribution in [3.05, 3.63) is 59.2 Å². The first-order chi connectivity index (χ1) is 13.0. The van der Waals surface area contributed by atoms with Crippen LogP contribution < -0.4 is 14.8 Å². The highest BCUT2D eigenvalue weighted by Crippen LogP contribution is 2.22. The molecular formula is C22H29NO4. The highest BCUT2D eigenvalue weighted by Gasteiger charge is 2.11. The van der Waals surface area contributed by atoms with Gasteiger partial charge in [0.1, 0.15) is 11.5 Å². The topological polar surface area (TPSA) is 56.8 Å². The number of ether oxygens (including phenoxy) is 3. The molecule has 0 saturated carbocycles. The average molecular weight is 371 g/mol. The summed E-state index contributed by atoms with van der Waals surface area (Å²) in [4.78, 5) is 12.5. The van der Waals surface area contributed by atoms with Gasteiger partial charge in [0.15, 0.2) is 0 Å². The fourth-order valence-corrected chi connectivity index (χ4v) is 2.60. The molecule has 0 fully saturated rings. The monoisotopic (exact) mass is 371 g/mol. The van der Waals surface area contributed by atoms with Gasteiger partial charge in [0, 0.05) is 17.7 Å². The van der Waals surface area contributed by atoms with E-state index in [1.165, 1.54) is 0 Å². The maximum Gasteiger partial charge on any atom is 0.251 e. The molecule has 0 aliphatic heterocycles. The van der Waals surface area contributed by atoms with Gasteiger partial charge in [-0.15, -0.1) is 0 Å². The number of hydrogen-bond acceptors (Lipinski definition) is 4. The molecule has 0 aliphatic carbocycles. The van der Waals surface area contributed by atoms with E-state index in [2.05, 4.69) is 5.32 Å². The number of carbonyl (C=O) groups is 1. The van der Waals surface area contributed by atoms with Crippen molar-refractivity contribution in [2.75, 3.05) is 20.3 Å². The third-order valence-corrected chi connectivity index (χ3v) is 4.05. The SMILES string of the molecule is CCOc1ccc(C(=O)NCCc2ccc(OC)cc2)cc1COC(C)C. The third kappa shape index (κ3) is 6.61. The number of nitrogens with one attached hydrogen (secondary N) is 1. The van der Waals surface area contributed by atoms with Gasteiger partial charge < -0.3 is 19.5 Å². The molecular weight excluding hydrogens is 342 g/mol. The number of benzene rings is 2. The summed E-state index contributed by atoms with van der Waals surface area (Å²) in [6, 6.07) is 13.3. The Bertz CT molecular complexity index is 726. The molecule has 1 N–H and O–H groups in total. The van der Waals surface area contributed by atoms with E-state index in [1.807, 2.05) is 57.2 Å². The molecule has 0 aromatic heterocycles. The van der Waals surface area contributed by atoms with Crippen molar-refractivity contribution >= 4 is 5.91 Å². The summed E-state index contributed by atoms with van der Waals surface area (Å²) in [7, 11) is 1.65. The van der Waals surface area contributed by atoms with Gasteiger partial charge >= 0.3 is 0 Å². The van der Waals surface area contributed by atoms with E-state index >= 15 is 0 Å². The summed E-state index contributed by atoms with van der Waals surface area (Å²) >= 11 is 0. The van der Waals surface area contributed by atoms with E-state index in [-0.39, 0.29) is 12.0 Å². The Labute approximate surface area is 161 Å². The maximum absolute atomic E-state index is 12.5. The van der Waals surface area contributed by atoms with E-state index in [4.69, 9.17) is 14.2 Å². The molecule has 0 spiro atoms. The van der Waals surface area contributed by atoms with Crippen LogP contribution >= 0.6 is 0 Å². The molecule has 5 heteroatoms. The van der Waals surface area contributed by atoms with Crippen LogP contribution in [0.3, 0.4) is 0 Å². The lowest BCUT2D eigenvalue weighted by molar-refractivity contribution is 0.0641. The molecule has 5 nitrogen and oxygen atoms in total. The van der Waals surface area contributed by atoms with E-state index in [9.17, 15) is 4.79 Å². The summed E-state index contributed by atoms with van der Waals surface area (Å²) in [5, 5.41) is 2.97. The Hall–Kier alpha value is -2.53. The first kappa shape index (κ1) is 20.8. The molecule has 146 valence electrons. The summed E-state index contributed by atoms with van der Waals surface area (Å²) in [5.74, 6) is 1.48. The van der Waals surface area contributed by atoms with E-state index in [0.29, 0.717) is 25.3 Å². The predicted octanol–water partition coefficient (Wildman–Crippen LogP) is 3.99. The lowest BCUT2D eigenvalue weighted by atomic mass is 10.1. The van der Waals surface area contributed by atoms with E-state index < -0.39 is 0 Å². The molecule has 0 atom stereocenters. The van der Waals surface area contributed by atoms with Crippen LogP contribution in [0.5, 0.6) is 11.5 Å².